The second-order valence-corrected chi connectivity index (χ2v) is 3.00. The monoisotopic (exact) mass is 211 g/mol. The van der Waals surface area contributed by atoms with Crippen molar-refractivity contribution in [1.29, 1.82) is 5.26 Å². The van der Waals surface area contributed by atoms with Crippen LogP contribution < -0.4 is 5.32 Å². The van der Waals surface area contributed by atoms with Crippen LogP contribution in [0.15, 0.2) is 41.7 Å². The first kappa shape index (κ1) is 9.93. The molecule has 0 aliphatic heterocycles. The maximum atomic E-state index is 8.25. The third kappa shape index (κ3) is 2.25. The van der Waals surface area contributed by atoms with E-state index in [1.807, 2.05) is 24.3 Å². The lowest BCUT2D eigenvalue weighted by molar-refractivity contribution is 1.28. The number of aliphatic imine (C=N–C) groups is 1. The minimum absolute atomic E-state index is 0.776. The van der Waals surface area contributed by atoms with E-state index in [1.54, 1.807) is 18.6 Å². The average Bonchev–Trinajstić information content (AvgIpc) is 2.84. The Kier molecular flexibility index (Phi) is 2.95. The number of nitrogens with one attached hydrogen (secondary N) is 2. The first-order chi connectivity index (χ1) is 7.90. The number of nitriles is 1. The van der Waals surface area contributed by atoms with Gasteiger partial charge in [0.25, 0.3) is 0 Å². The molecule has 0 unspecified atom stereocenters. The fourth-order valence-corrected chi connectivity index (χ4v) is 1.26. The van der Waals surface area contributed by atoms with E-state index in [4.69, 9.17) is 5.26 Å². The third-order valence-electron chi connectivity index (χ3n) is 1.98. The van der Waals surface area contributed by atoms with Crippen LogP contribution in [0.5, 0.6) is 0 Å². The van der Waals surface area contributed by atoms with Crippen LogP contribution in [-0.4, -0.2) is 16.3 Å². The van der Waals surface area contributed by atoms with Gasteiger partial charge in [0.05, 0.1) is 5.69 Å². The van der Waals surface area contributed by atoms with Gasteiger partial charge < -0.3 is 4.98 Å². The minimum Gasteiger partial charge on any atom is -0.345 e. The summed E-state index contributed by atoms with van der Waals surface area (Å²) in [7, 11) is 0. The molecule has 0 fully saturated rings. The SMILES string of the molecule is N#CNC=Nc1ccc(-c2ncc[nH]2)cc1. The van der Waals surface area contributed by atoms with E-state index in [1.165, 1.54) is 6.34 Å². The van der Waals surface area contributed by atoms with Crippen molar-refractivity contribution in [3.63, 3.8) is 0 Å². The van der Waals surface area contributed by atoms with Crippen LogP contribution in [0, 0.1) is 11.5 Å². The van der Waals surface area contributed by atoms with Gasteiger partial charge in [-0.1, -0.05) is 0 Å². The Bertz CT molecular complexity index is 504. The van der Waals surface area contributed by atoms with Gasteiger partial charge in [0.1, 0.15) is 12.2 Å². The van der Waals surface area contributed by atoms with Gasteiger partial charge >= 0.3 is 0 Å². The summed E-state index contributed by atoms with van der Waals surface area (Å²) in [6.07, 6.45) is 6.59. The molecule has 0 saturated heterocycles. The first-order valence-corrected chi connectivity index (χ1v) is 4.67. The predicted octanol–water partition coefficient (Wildman–Crippen LogP) is 1.81. The highest BCUT2D eigenvalue weighted by Crippen LogP contribution is 2.18. The number of aromatic nitrogens is 2. The molecular formula is C11H9N5. The molecule has 0 bridgehead atoms. The van der Waals surface area contributed by atoms with Crippen LogP contribution in [0.4, 0.5) is 5.69 Å². The summed E-state index contributed by atoms with van der Waals surface area (Å²) in [4.78, 5) is 11.2. The summed E-state index contributed by atoms with van der Waals surface area (Å²) in [5.41, 5.74) is 1.77. The molecule has 2 N–H and O–H groups in total. The Balaban J connectivity index is 2.14. The summed E-state index contributed by atoms with van der Waals surface area (Å²) in [6.45, 7) is 0. The Labute approximate surface area is 92.5 Å². The summed E-state index contributed by atoms with van der Waals surface area (Å²) in [5, 5.41) is 10.6. The van der Waals surface area contributed by atoms with E-state index in [-0.39, 0.29) is 0 Å². The Hall–Kier alpha value is -2.61. The van der Waals surface area contributed by atoms with E-state index >= 15 is 0 Å². The lowest BCUT2D eigenvalue weighted by Gasteiger charge is -1.97. The summed E-state index contributed by atoms with van der Waals surface area (Å²) in [5.74, 6) is 0.825. The molecule has 5 heteroatoms. The number of aromatic amines is 1. The number of hydrogen-bond donors (Lipinski definition) is 2. The highest BCUT2D eigenvalue weighted by molar-refractivity contribution is 5.64. The molecule has 1 heterocycles. The normalized spacial score (nSPS) is 10.2. The molecule has 0 radical (unpaired) electrons. The van der Waals surface area contributed by atoms with Crippen LogP contribution >= 0.6 is 0 Å². The number of benzene rings is 1. The van der Waals surface area contributed by atoms with Crippen molar-refractivity contribution in [2.75, 3.05) is 0 Å². The van der Waals surface area contributed by atoms with Gasteiger partial charge in [-0.2, -0.15) is 5.26 Å². The summed E-state index contributed by atoms with van der Waals surface area (Å²) in [6, 6.07) is 7.54. The van der Waals surface area contributed by atoms with Gasteiger partial charge in [0.2, 0.25) is 0 Å². The van der Waals surface area contributed by atoms with E-state index < -0.39 is 0 Å². The molecule has 1 aromatic heterocycles. The summed E-state index contributed by atoms with van der Waals surface area (Å²) >= 11 is 0. The lowest BCUT2D eigenvalue weighted by atomic mass is 10.2. The van der Waals surface area contributed by atoms with Gasteiger partial charge in [-0.05, 0) is 24.3 Å². The Morgan fingerprint density at radius 3 is 2.81 bits per heavy atom. The lowest BCUT2D eigenvalue weighted by Crippen LogP contribution is -1.98. The van der Waals surface area contributed by atoms with Crippen molar-refractivity contribution in [3.8, 4) is 17.6 Å². The number of imidazole rings is 1. The number of hydrogen-bond acceptors (Lipinski definition) is 3. The molecule has 0 spiro atoms. The van der Waals surface area contributed by atoms with Crippen molar-refractivity contribution in [1.82, 2.24) is 15.3 Å². The molecule has 16 heavy (non-hydrogen) atoms. The number of nitrogens with zero attached hydrogens (tertiary/aromatic N) is 3. The molecule has 0 aliphatic carbocycles. The largest absolute Gasteiger partial charge is 0.345 e. The Morgan fingerprint density at radius 1 is 1.38 bits per heavy atom. The molecule has 0 amide bonds. The van der Waals surface area contributed by atoms with Crippen molar-refractivity contribution in [3.05, 3.63) is 36.7 Å². The smallest absolute Gasteiger partial charge is 0.182 e. The van der Waals surface area contributed by atoms with Gasteiger partial charge in [-0.25, -0.2) is 9.98 Å². The van der Waals surface area contributed by atoms with Gasteiger partial charge in [-0.15, -0.1) is 0 Å². The molecular weight excluding hydrogens is 202 g/mol. The van der Waals surface area contributed by atoms with E-state index in [9.17, 15) is 0 Å². The van der Waals surface area contributed by atoms with E-state index in [0.717, 1.165) is 17.1 Å². The first-order valence-electron chi connectivity index (χ1n) is 4.67. The van der Waals surface area contributed by atoms with Crippen LogP contribution in [0.3, 0.4) is 0 Å². The molecule has 2 rings (SSSR count). The maximum Gasteiger partial charge on any atom is 0.182 e. The Morgan fingerprint density at radius 2 is 2.19 bits per heavy atom. The molecule has 0 saturated carbocycles. The van der Waals surface area contributed by atoms with Gasteiger partial charge in [0, 0.05) is 18.0 Å². The van der Waals surface area contributed by atoms with Crippen LogP contribution in [-0.2, 0) is 0 Å². The zero-order chi connectivity index (χ0) is 11.2. The second kappa shape index (κ2) is 4.75. The molecule has 78 valence electrons. The third-order valence-corrected chi connectivity index (χ3v) is 1.98. The topological polar surface area (TPSA) is 76.9 Å². The number of rotatable bonds is 3. The van der Waals surface area contributed by atoms with Crippen LogP contribution in [0.25, 0.3) is 11.4 Å². The molecule has 1 aromatic carbocycles. The van der Waals surface area contributed by atoms with Crippen molar-refractivity contribution in [2.45, 2.75) is 0 Å². The highest BCUT2D eigenvalue weighted by atomic mass is 14.9. The molecule has 5 nitrogen and oxygen atoms in total. The average molecular weight is 211 g/mol. The molecule has 0 aliphatic rings. The van der Waals surface area contributed by atoms with Gasteiger partial charge in [-0.3, -0.25) is 5.32 Å². The van der Waals surface area contributed by atoms with Crippen LogP contribution in [0.1, 0.15) is 0 Å². The van der Waals surface area contributed by atoms with E-state index in [2.05, 4.69) is 20.3 Å². The van der Waals surface area contributed by atoms with Crippen molar-refractivity contribution in [2.24, 2.45) is 4.99 Å². The minimum atomic E-state index is 0.776. The van der Waals surface area contributed by atoms with Crippen molar-refractivity contribution >= 4 is 12.0 Å². The van der Waals surface area contributed by atoms with Crippen LogP contribution in [0.2, 0.25) is 0 Å². The van der Waals surface area contributed by atoms with Crippen molar-refractivity contribution < 1.29 is 0 Å². The zero-order valence-corrected chi connectivity index (χ0v) is 8.38. The fourth-order valence-electron chi connectivity index (χ4n) is 1.26. The van der Waals surface area contributed by atoms with E-state index in [0.29, 0.717) is 0 Å². The standard InChI is InChI=1S/C11H9N5/c12-7-13-8-16-10-3-1-9(2-4-10)11-14-5-6-15-11/h1-6,8H,(H,13,16)(H,14,15). The second-order valence-electron chi connectivity index (χ2n) is 3.00. The van der Waals surface area contributed by atoms with Gasteiger partial charge in [0.15, 0.2) is 6.19 Å². The quantitative estimate of drug-likeness (QED) is 0.352. The molecule has 2 aromatic rings. The number of H-pyrrole nitrogens is 1. The fraction of sp³-hybridized carbons (Fsp3) is 0. The summed E-state index contributed by atoms with van der Waals surface area (Å²) < 4.78 is 0. The predicted molar refractivity (Wildman–Crippen MR) is 60.9 cm³/mol. The zero-order valence-electron chi connectivity index (χ0n) is 8.38. The highest BCUT2D eigenvalue weighted by Gasteiger charge is 1.98. The molecule has 0 atom stereocenters. The maximum absolute atomic E-state index is 8.25.